The average molecular weight is 212 g/mol. The largest absolute Gasteiger partial charge is 0.481 e. The number of carboxylic acids is 1. The molecule has 2 N–H and O–H groups in total. The van der Waals surface area contributed by atoms with Gasteiger partial charge < -0.3 is 10.2 Å². The molecular formula is C12H20O3. The molecule has 1 saturated carbocycles. The van der Waals surface area contributed by atoms with Crippen molar-refractivity contribution >= 4 is 5.97 Å². The van der Waals surface area contributed by atoms with E-state index in [2.05, 4.69) is 19.9 Å². The van der Waals surface area contributed by atoms with Crippen molar-refractivity contribution in [2.24, 2.45) is 17.3 Å². The number of hydrogen-bond donors (Lipinski definition) is 2. The van der Waals surface area contributed by atoms with Gasteiger partial charge in [0.15, 0.2) is 0 Å². The van der Waals surface area contributed by atoms with Crippen molar-refractivity contribution in [1.29, 1.82) is 0 Å². The molecule has 0 aliphatic heterocycles. The number of allylic oxidation sites excluding steroid dienone is 1. The zero-order valence-corrected chi connectivity index (χ0v) is 9.66. The molecule has 2 atom stereocenters. The van der Waals surface area contributed by atoms with E-state index in [1.807, 2.05) is 0 Å². The van der Waals surface area contributed by atoms with Crippen LogP contribution in [0.5, 0.6) is 0 Å². The highest BCUT2D eigenvalue weighted by molar-refractivity contribution is 5.62. The summed E-state index contributed by atoms with van der Waals surface area (Å²) in [6.07, 6.45) is 4.75. The molecule has 0 heterocycles. The molecule has 3 heteroatoms. The Bertz CT molecular complexity index is 275. The lowest BCUT2D eigenvalue weighted by Gasteiger charge is -2.56. The van der Waals surface area contributed by atoms with Crippen molar-refractivity contribution < 1.29 is 15.0 Å². The second-order valence-corrected chi connectivity index (χ2v) is 5.00. The SMILES string of the molecule is CC(=O)O.CC1(C)C2CC=C(CO)[C@H]1C2. The Morgan fingerprint density at radius 1 is 1.60 bits per heavy atom. The van der Waals surface area contributed by atoms with E-state index in [1.165, 1.54) is 18.4 Å². The molecule has 3 aliphatic carbocycles. The van der Waals surface area contributed by atoms with Gasteiger partial charge in [-0.15, -0.1) is 0 Å². The lowest BCUT2D eigenvalue weighted by Crippen LogP contribution is -2.48. The van der Waals surface area contributed by atoms with Crippen LogP contribution in [0.25, 0.3) is 0 Å². The smallest absolute Gasteiger partial charge is 0.300 e. The van der Waals surface area contributed by atoms with Crippen molar-refractivity contribution in [2.45, 2.75) is 33.6 Å². The second kappa shape index (κ2) is 4.35. The van der Waals surface area contributed by atoms with E-state index in [4.69, 9.17) is 15.0 Å². The molecule has 3 nitrogen and oxygen atoms in total. The summed E-state index contributed by atoms with van der Waals surface area (Å²) in [5.41, 5.74) is 1.77. The fourth-order valence-electron chi connectivity index (χ4n) is 2.66. The first-order valence-electron chi connectivity index (χ1n) is 5.39. The van der Waals surface area contributed by atoms with Crippen LogP contribution in [-0.2, 0) is 4.79 Å². The van der Waals surface area contributed by atoms with Gasteiger partial charge in [0.1, 0.15) is 0 Å². The van der Waals surface area contributed by atoms with Crippen LogP contribution in [-0.4, -0.2) is 22.8 Å². The van der Waals surface area contributed by atoms with E-state index < -0.39 is 5.97 Å². The number of rotatable bonds is 1. The highest BCUT2D eigenvalue weighted by Crippen LogP contribution is 2.58. The third-order valence-corrected chi connectivity index (χ3v) is 3.77. The number of aliphatic hydroxyl groups excluding tert-OH is 1. The molecule has 2 bridgehead atoms. The topological polar surface area (TPSA) is 57.5 Å². The summed E-state index contributed by atoms with van der Waals surface area (Å²) in [4.78, 5) is 9.00. The summed E-state index contributed by atoms with van der Waals surface area (Å²) in [6.45, 7) is 6.02. The summed E-state index contributed by atoms with van der Waals surface area (Å²) >= 11 is 0. The number of aliphatic carboxylic acids is 1. The maximum atomic E-state index is 9.05. The van der Waals surface area contributed by atoms with Gasteiger partial charge in [-0.05, 0) is 35.7 Å². The van der Waals surface area contributed by atoms with Crippen molar-refractivity contribution in [1.82, 2.24) is 0 Å². The summed E-state index contributed by atoms with van der Waals surface area (Å²) in [5.74, 6) is 0.744. The molecular weight excluding hydrogens is 192 g/mol. The molecule has 0 aromatic carbocycles. The van der Waals surface area contributed by atoms with E-state index in [0.29, 0.717) is 11.3 Å². The Labute approximate surface area is 90.8 Å². The number of hydrogen-bond acceptors (Lipinski definition) is 2. The maximum Gasteiger partial charge on any atom is 0.300 e. The molecule has 1 unspecified atom stereocenters. The van der Waals surface area contributed by atoms with Gasteiger partial charge in [-0.25, -0.2) is 0 Å². The Morgan fingerprint density at radius 2 is 2.13 bits per heavy atom. The standard InChI is InChI=1S/C10H16O.C2H4O2/c1-10(2)8-4-3-7(6-11)9(10)5-8;1-2(3)4/h3,8-9,11H,4-6H2,1-2H3;1H3,(H,3,4)/t8?,9-;/m1./s1. The number of carbonyl (C=O) groups is 1. The van der Waals surface area contributed by atoms with Crippen LogP contribution < -0.4 is 0 Å². The first-order valence-corrected chi connectivity index (χ1v) is 5.39. The minimum atomic E-state index is -0.833. The lowest BCUT2D eigenvalue weighted by atomic mass is 9.49. The molecule has 0 saturated heterocycles. The third kappa shape index (κ3) is 2.40. The first-order chi connectivity index (χ1) is 6.89. The molecule has 1 fully saturated rings. The first kappa shape index (κ1) is 12.2. The number of aliphatic hydroxyl groups is 1. The zero-order chi connectivity index (χ0) is 11.6. The van der Waals surface area contributed by atoms with Crippen LogP contribution in [0.4, 0.5) is 0 Å². The Balaban J connectivity index is 0.000000245. The van der Waals surface area contributed by atoms with Gasteiger partial charge >= 0.3 is 0 Å². The molecule has 0 amide bonds. The minimum absolute atomic E-state index is 0.279. The summed E-state index contributed by atoms with van der Waals surface area (Å²) < 4.78 is 0. The normalized spacial score (nSPS) is 30.5. The van der Waals surface area contributed by atoms with Crippen LogP contribution in [0.1, 0.15) is 33.6 Å². The molecule has 15 heavy (non-hydrogen) atoms. The van der Waals surface area contributed by atoms with Gasteiger partial charge in [0.05, 0.1) is 6.61 Å². The van der Waals surface area contributed by atoms with Gasteiger partial charge in [-0.2, -0.15) is 0 Å². The van der Waals surface area contributed by atoms with E-state index in [0.717, 1.165) is 12.8 Å². The van der Waals surface area contributed by atoms with Crippen LogP contribution in [0.2, 0.25) is 0 Å². The van der Waals surface area contributed by atoms with Crippen LogP contribution in [0.3, 0.4) is 0 Å². The Morgan fingerprint density at radius 3 is 2.40 bits per heavy atom. The van der Waals surface area contributed by atoms with Crippen molar-refractivity contribution in [3.8, 4) is 0 Å². The van der Waals surface area contributed by atoms with Crippen molar-refractivity contribution in [3.05, 3.63) is 11.6 Å². The summed E-state index contributed by atoms with van der Waals surface area (Å²) in [7, 11) is 0. The van der Waals surface area contributed by atoms with E-state index in [9.17, 15) is 0 Å². The fourth-order valence-corrected chi connectivity index (χ4v) is 2.66. The average Bonchev–Trinajstić information content (AvgIpc) is 2.16. The van der Waals surface area contributed by atoms with E-state index in [1.54, 1.807) is 0 Å². The Kier molecular flexibility index (Phi) is 3.55. The van der Waals surface area contributed by atoms with Gasteiger partial charge in [-0.3, -0.25) is 4.79 Å². The van der Waals surface area contributed by atoms with E-state index in [-0.39, 0.29) is 6.61 Å². The predicted octanol–water partition coefficient (Wildman–Crippen LogP) is 2.06. The van der Waals surface area contributed by atoms with Crippen molar-refractivity contribution in [3.63, 3.8) is 0 Å². The monoisotopic (exact) mass is 212 g/mol. The van der Waals surface area contributed by atoms with Crippen LogP contribution in [0, 0.1) is 17.3 Å². The number of carboxylic acid groups (broad SMARTS) is 1. The highest BCUT2D eigenvalue weighted by Gasteiger charge is 2.50. The molecule has 0 aromatic heterocycles. The third-order valence-electron chi connectivity index (χ3n) is 3.77. The number of fused-ring (bicyclic) bond motifs is 1. The quantitative estimate of drug-likeness (QED) is 0.654. The van der Waals surface area contributed by atoms with Gasteiger partial charge in [0.25, 0.3) is 5.97 Å². The van der Waals surface area contributed by atoms with E-state index >= 15 is 0 Å². The van der Waals surface area contributed by atoms with Crippen LogP contribution in [0.15, 0.2) is 11.6 Å². The molecule has 86 valence electrons. The molecule has 3 aliphatic rings. The molecule has 0 spiro atoms. The minimum Gasteiger partial charge on any atom is -0.481 e. The molecule has 0 radical (unpaired) electrons. The fraction of sp³-hybridized carbons (Fsp3) is 0.750. The van der Waals surface area contributed by atoms with Gasteiger partial charge in [0.2, 0.25) is 0 Å². The summed E-state index contributed by atoms with van der Waals surface area (Å²) in [5, 5.41) is 16.5. The Hall–Kier alpha value is -0.830. The van der Waals surface area contributed by atoms with Crippen LogP contribution >= 0.6 is 0 Å². The zero-order valence-electron chi connectivity index (χ0n) is 9.66. The van der Waals surface area contributed by atoms with Crippen molar-refractivity contribution in [2.75, 3.05) is 6.61 Å². The lowest BCUT2D eigenvalue weighted by molar-refractivity contribution is -0.134. The predicted molar refractivity (Wildman–Crippen MR) is 58.5 cm³/mol. The molecule has 3 rings (SSSR count). The maximum absolute atomic E-state index is 9.05. The van der Waals surface area contributed by atoms with Gasteiger partial charge in [-0.1, -0.05) is 19.9 Å². The van der Waals surface area contributed by atoms with Gasteiger partial charge in [0, 0.05) is 6.92 Å². The summed E-state index contributed by atoms with van der Waals surface area (Å²) in [6, 6.07) is 0. The molecule has 0 aromatic rings. The second-order valence-electron chi connectivity index (χ2n) is 5.00. The highest BCUT2D eigenvalue weighted by atomic mass is 16.4.